The second-order valence-corrected chi connectivity index (χ2v) is 7.26. The van der Waals surface area contributed by atoms with Gasteiger partial charge in [-0.25, -0.2) is 9.37 Å². The van der Waals surface area contributed by atoms with Gasteiger partial charge in [0, 0.05) is 17.7 Å². The summed E-state index contributed by atoms with van der Waals surface area (Å²) >= 11 is 2.08. The Bertz CT molecular complexity index is 627. The Balaban J connectivity index is 1.46. The molecule has 2 aromatic rings. The van der Waals surface area contributed by atoms with E-state index in [0.29, 0.717) is 5.92 Å². The number of likely N-dealkylation sites (tertiary alicyclic amines) is 1. The highest BCUT2D eigenvalue weighted by atomic mass is 32.2. The molecule has 1 aromatic heterocycles. The highest BCUT2D eigenvalue weighted by molar-refractivity contribution is 7.99. The van der Waals surface area contributed by atoms with Crippen LogP contribution in [0.5, 0.6) is 0 Å². The summed E-state index contributed by atoms with van der Waals surface area (Å²) in [5.41, 5.74) is 1.70. The smallest absolute Gasteiger partial charge is 0.125 e. The number of halogens is 1. The minimum absolute atomic E-state index is 0.203. The molecule has 0 saturated carbocycles. The molecule has 0 bridgehead atoms. The molecular formula is C16H20FN3S. The molecule has 0 aliphatic carbocycles. The zero-order valence-corrected chi connectivity index (χ0v) is 12.8. The Labute approximate surface area is 128 Å². The lowest BCUT2D eigenvalue weighted by Gasteiger charge is -2.35. The fourth-order valence-corrected chi connectivity index (χ4v) is 4.80. The van der Waals surface area contributed by atoms with Gasteiger partial charge in [0.05, 0.1) is 11.0 Å². The number of hydrogen-bond donors (Lipinski definition) is 1. The van der Waals surface area contributed by atoms with E-state index < -0.39 is 0 Å². The Morgan fingerprint density at radius 1 is 1.24 bits per heavy atom. The van der Waals surface area contributed by atoms with E-state index in [9.17, 15) is 4.39 Å². The molecule has 0 unspecified atom stereocenters. The predicted molar refractivity (Wildman–Crippen MR) is 85.3 cm³/mol. The molecule has 2 aliphatic rings. The summed E-state index contributed by atoms with van der Waals surface area (Å²) in [4.78, 5) is 10.6. The number of nitrogens with one attached hydrogen (secondary N) is 1. The summed E-state index contributed by atoms with van der Waals surface area (Å²) in [5, 5.41) is 0. The highest BCUT2D eigenvalue weighted by Gasteiger charge is 2.29. The van der Waals surface area contributed by atoms with Crippen molar-refractivity contribution in [2.24, 2.45) is 0 Å². The van der Waals surface area contributed by atoms with Crippen LogP contribution in [0.1, 0.15) is 31.0 Å². The molecule has 4 rings (SSSR count). The number of fused-ring (bicyclic) bond motifs is 1. The number of H-pyrrole nitrogens is 1. The van der Waals surface area contributed by atoms with Gasteiger partial charge in [-0.05, 0) is 56.3 Å². The van der Waals surface area contributed by atoms with Gasteiger partial charge < -0.3 is 4.98 Å². The van der Waals surface area contributed by atoms with Gasteiger partial charge in [0.15, 0.2) is 0 Å². The van der Waals surface area contributed by atoms with Crippen molar-refractivity contribution in [3.63, 3.8) is 0 Å². The number of benzene rings is 1. The highest BCUT2D eigenvalue weighted by Crippen LogP contribution is 2.31. The van der Waals surface area contributed by atoms with Crippen LogP contribution in [0.25, 0.3) is 11.0 Å². The summed E-state index contributed by atoms with van der Waals surface area (Å²) < 4.78 is 13.3. The Kier molecular flexibility index (Phi) is 3.63. The number of aromatic nitrogens is 2. The molecule has 0 amide bonds. The largest absolute Gasteiger partial charge is 0.342 e. The van der Waals surface area contributed by atoms with E-state index in [0.717, 1.165) is 35.7 Å². The van der Waals surface area contributed by atoms with Crippen molar-refractivity contribution in [1.29, 1.82) is 0 Å². The monoisotopic (exact) mass is 305 g/mol. The van der Waals surface area contributed by atoms with Crippen molar-refractivity contribution in [2.75, 3.05) is 24.6 Å². The molecule has 3 nitrogen and oxygen atoms in total. The molecular weight excluding hydrogens is 285 g/mol. The summed E-state index contributed by atoms with van der Waals surface area (Å²) in [5.74, 6) is 3.95. The zero-order chi connectivity index (χ0) is 14.2. The summed E-state index contributed by atoms with van der Waals surface area (Å²) in [7, 11) is 0. The van der Waals surface area contributed by atoms with Crippen LogP contribution < -0.4 is 0 Å². The zero-order valence-electron chi connectivity index (χ0n) is 12.0. The molecule has 112 valence electrons. The van der Waals surface area contributed by atoms with E-state index in [1.165, 1.54) is 43.1 Å². The summed E-state index contributed by atoms with van der Waals surface area (Å²) in [6, 6.07) is 5.57. The Hall–Kier alpha value is -1.07. The van der Waals surface area contributed by atoms with Crippen molar-refractivity contribution < 1.29 is 4.39 Å². The average molecular weight is 305 g/mol. The topological polar surface area (TPSA) is 31.9 Å². The Morgan fingerprint density at radius 2 is 2.10 bits per heavy atom. The first kappa shape index (κ1) is 13.6. The van der Waals surface area contributed by atoms with Gasteiger partial charge in [-0.1, -0.05) is 0 Å². The van der Waals surface area contributed by atoms with E-state index in [2.05, 4.69) is 26.6 Å². The van der Waals surface area contributed by atoms with Gasteiger partial charge in [0.25, 0.3) is 0 Å². The predicted octanol–water partition coefficient (Wildman–Crippen LogP) is 3.39. The molecule has 3 heterocycles. The third kappa shape index (κ3) is 2.69. The maximum Gasteiger partial charge on any atom is 0.125 e. The van der Waals surface area contributed by atoms with Gasteiger partial charge in [0.1, 0.15) is 11.6 Å². The van der Waals surface area contributed by atoms with Gasteiger partial charge in [0.2, 0.25) is 0 Å². The van der Waals surface area contributed by atoms with Gasteiger partial charge >= 0.3 is 0 Å². The number of thioether (sulfide) groups is 1. The molecule has 2 fully saturated rings. The lowest BCUT2D eigenvalue weighted by atomic mass is 9.95. The lowest BCUT2D eigenvalue weighted by molar-refractivity contribution is 0.163. The molecule has 2 aliphatic heterocycles. The first-order valence-electron chi connectivity index (χ1n) is 7.76. The van der Waals surface area contributed by atoms with Crippen LogP contribution in [0.4, 0.5) is 4.39 Å². The van der Waals surface area contributed by atoms with E-state index in [1.807, 2.05) is 0 Å². The van der Waals surface area contributed by atoms with Crippen LogP contribution in [0.3, 0.4) is 0 Å². The first-order chi connectivity index (χ1) is 10.3. The van der Waals surface area contributed by atoms with Crippen molar-refractivity contribution in [1.82, 2.24) is 14.9 Å². The van der Waals surface area contributed by atoms with Crippen molar-refractivity contribution in [2.45, 2.75) is 31.2 Å². The second kappa shape index (κ2) is 5.61. The van der Waals surface area contributed by atoms with E-state index in [-0.39, 0.29) is 5.82 Å². The molecule has 1 atom stereocenters. The van der Waals surface area contributed by atoms with E-state index in [4.69, 9.17) is 0 Å². The number of rotatable bonds is 2. The maximum absolute atomic E-state index is 13.3. The SMILES string of the molecule is Fc1ccc2nc(C3CCN([C@@H]4CCSC4)CC3)[nH]c2c1. The number of piperidine rings is 1. The lowest BCUT2D eigenvalue weighted by Crippen LogP contribution is -2.41. The van der Waals surface area contributed by atoms with Crippen LogP contribution in [-0.4, -0.2) is 45.5 Å². The number of hydrogen-bond acceptors (Lipinski definition) is 3. The summed E-state index contributed by atoms with van der Waals surface area (Å²) in [6.07, 6.45) is 3.66. The molecule has 21 heavy (non-hydrogen) atoms. The van der Waals surface area contributed by atoms with Gasteiger partial charge in [-0.3, -0.25) is 4.90 Å². The molecule has 0 radical (unpaired) electrons. The van der Waals surface area contributed by atoms with Crippen LogP contribution in [0.15, 0.2) is 18.2 Å². The van der Waals surface area contributed by atoms with E-state index in [1.54, 1.807) is 6.07 Å². The minimum atomic E-state index is -0.203. The number of aromatic amines is 1. The maximum atomic E-state index is 13.3. The van der Waals surface area contributed by atoms with Gasteiger partial charge in [-0.15, -0.1) is 0 Å². The number of imidazole rings is 1. The van der Waals surface area contributed by atoms with Crippen LogP contribution in [-0.2, 0) is 0 Å². The molecule has 2 saturated heterocycles. The standard InChI is InChI=1S/C16H20FN3S/c17-12-1-2-14-15(9-12)19-16(18-14)11-3-6-20(7-4-11)13-5-8-21-10-13/h1-2,9,11,13H,3-8,10H2,(H,18,19)/t13-/m1/s1. The normalized spacial score (nSPS) is 24.9. The molecule has 1 N–H and O–H groups in total. The number of nitrogens with zero attached hydrogens (tertiary/aromatic N) is 2. The van der Waals surface area contributed by atoms with Crippen molar-refractivity contribution >= 4 is 22.8 Å². The second-order valence-electron chi connectivity index (χ2n) is 6.11. The quantitative estimate of drug-likeness (QED) is 0.923. The van der Waals surface area contributed by atoms with Crippen molar-refractivity contribution in [3.8, 4) is 0 Å². The third-order valence-corrected chi connectivity index (χ3v) is 5.95. The third-order valence-electron chi connectivity index (χ3n) is 4.80. The van der Waals surface area contributed by atoms with Gasteiger partial charge in [-0.2, -0.15) is 11.8 Å². The molecule has 5 heteroatoms. The fourth-order valence-electron chi connectivity index (χ4n) is 3.54. The van der Waals surface area contributed by atoms with Crippen LogP contribution in [0, 0.1) is 5.82 Å². The minimum Gasteiger partial charge on any atom is -0.342 e. The first-order valence-corrected chi connectivity index (χ1v) is 8.92. The fraction of sp³-hybridized carbons (Fsp3) is 0.562. The van der Waals surface area contributed by atoms with Crippen LogP contribution in [0.2, 0.25) is 0 Å². The molecule has 0 spiro atoms. The average Bonchev–Trinajstić information content (AvgIpc) is 3.16. The van der Waals surface area contributed by atoms with E-state index >= 15 is 0 Å². The van der Waals surface area contributed by atoms with Crippen LogP contribution >= 0.6 is 11.8 Å². The van der Waals surface area contributed by atoms with Crippen molar-refractivity contribution in [3.05, 3.63) is 29.8 Å². The Morgan fingerprint density at radius 3 is 2.86 bits per heavy atom. The molecule has 1 aromatic carbocycles. The summed E-state index contributed by atoms with van der Waals surface area (Å²) in [6.45, 7) is 2.34.